The third-order valence-electron chi connectivity index (χ3n) is 13.7. The Bertz CT molecular complexity index is 4030. The maximum absolute atomic E-state index is 2.44. The van der Waals surface area contributed by atoms with Crippen molar-refractivity contribution in [3.8, 4) is 50.2 Å². The van der Waals surface area contributed by atoms with Gasteiger partial charge in [0.15, 0.2) is 0 Å². The fourth-order valence-corrected chi connectivity index (χ4v) is 10.5. The van der Waals surface area contributed by atoms with Crippen molar-refractivity contribution in [2.45, 2.75) is 0 Å². The highest BCUT2D eigenvalue weighted by molar-refractivity contribution is 6.13. The van der Waals surface area contributed by atoms with Crippen LogP contribution >= 0.6 is 0 Å². The molecule has 68 heavy (non-hydrogen) atoms. The highest BCUT2D eigenvalue weighted by Gasteiger charge is 2.20. The van der Waals surface area contributed by atoms with Crippen LogP contribution in [0.3, 0.4) is 0 Å². The molecule has 0 aliphatic heterocycles. The van der Waals surface area contributed by atoms with Crippen LogP contribution in [0.2, 0.25) is 0 Å². The second kappa shape index (κ2) is 16.5. The first-order valence-electron chi connectivity index (χ1n) is 23.4. The van der Waals surface area contributed by atoms with E-state index >= 15 is 0 Å². The lowest BCUT2D eigenvalue weighted by atomic mass is 9.94. The average molecular weight is 865 g/mol. The van der Waals surface area contributed by atoms with Crippen LogP contribution in [-0.4, -0.2) is 4.57 Å². The quantitative estimate of drug-likeness (QED) is 0.138. The van der Waals surface area contributed by atoms with Gasteiger partial charge in [0.25, 0.3) is 0 Å². The molecule has 0 unspecified atom stereocenters. The van der Waals surface area contributed by atoms with E-state index in [0.717, 1.165) is 33.9 Å². The first-order chi connectivity index (χ1) is 33.7. The first kappa shape index (κ1) is 39.4. The molecule has 0 N–H and O–H groups in total. The zero-order chi connectivity index (χ0) is 45.0. The normalized spacial score (nSPS) is 11.5. The van der Waals surface area contributed by atoms with E-state index in [1.54, 1.807) is 0 Å². The molecule has 0 radical (unpaired) electrons. The highest BCUT2D eigenvalue weighted by atomic mass is 15.1. The van der Waals surface area contributed by atoms with Crippen LogP contribution < -0.4 is 4.90 Å². The van der Waals surface area contributed by atoms with Crippen molar-refractivity contribution in [2.75, 3.05) is 4.90 Å². The minimum Gasteiger partial charge on any atom is -0.310 e. The van der Waals surface area contributed by atoms with Gasteiger partial charge in [-0.15, -0.1) is 0 Å². The predicted molar refractivity (Wildman–Crippen MR) is 290 cm³/mol. The molecule has 13 rings (SSSR count). The third kappa shape index (κ3) is 6.82. The van der Waals surface area contributed by atoms with Gasteiger partial charge in [0.1, 0.15) is 0 Å². The van der Waals surface area contributed by atoms with E-state index in [0.29, 0.717) is 0 Å². The molecule has 0 spiro atoms. The van der Waals surface area contributed by atoms with E-state index in [-0.39, 0.29) is 0 Å². The molecule has 2 heteroatoms. The number of nitrogens with zero attached hydrogens (tertiary/aromatic N) is 2. The number of anilines is 3. The molecule has 0 bridgehead atoms. The fourth-order valence-electron chi connectivity index (χ4n) is 10.5. The van der Waals surface area contributed by atoms with Gasteiger partial charge in [0.2, 0.25) is 0 Å². The van der Waals surface area contributed by atoms with E-state index in [1.807, 2.05) is 0 Å². The first-order valence-corrected chi connectivity index (χ1v) is 23.4. The van der Waals surface area contributed by atoms with E-state index in [9.17, 15) is 0 Å². The number of rotatable bonds is 8. The third-order valence-corrected chi connectivity index (χ3v) is 13.7. The van der Waals surface area contributed by atoms with Crippen LogP contribution in [0.25, 0.3) is 104 Å². The van der Waals surface area contributed by atoms with Gasteiger partial charge in [0, 0.05) is 33.4 Å². The van der Waals surface area contributed by atoms with E-state index in [4.69, 9.17) is 0 Å². The zero-order valence-electron chi connectivity index (χ0n) is 37.3. The number of fused-ring (bicyclic) bond motifs is 7. The minimum absolute atomic E-state index is 1.08. The standard InChI is InChI=1S/C66H44N2/c1-2-21-54(22-3-1)68-65-30-11-9-26-62(65)63-44-53(36-40-66(63)68)59-25-8-10-29-64(59)67(56-23-13-20-52(43-56)58-27-14-28-60-57-24-7-6-16-47(57)35-39-61(58)60)55-37-33-46(34-38-55)49-18-12-19-50(41-49)51-32-31-45-15-4-5-17-48(45)42-51/h1-44H. The SMILES string of the molecule is c1ccc(-n2c3ccccc3c3cc(-c4ccccc4N(c4ccc(-c5cccc(-c6ccc7ccccc7c6)c5)cc4)c4cccc(-c5cccc6c5ccc5ccccc56)c4)ccc32)cc1. The summed E-state index contributed by atoms with van der Waals surface area (Å²) in [6.45, 7) is 0. The minimum atomic E-state index is 1.08. The lowest BCUT2D eigenvalue weighted by Crippen LogP contribution is -2.11. The average Bonchev–Trinajstić information content (AvgIpc) is 3.75. The van der Waals surface area contributed by atoms with Crippen LogP contribution in [0.5, 0.6) is 0 Å². The Kier molecular flexibility index (Phi) is 9.54. The van der Waals surface area contributed by atoms with Gasteiger partial charge in [-0.05, 0) is 144 Å². The zero-order valence-corrected chi connectivity index (χ0v) is 37.3. The summed E-state index contributed by atoms with van der Waals surface area (Å²) in [6, 6.07) is 97.6. The summed E-state index contributed by atoms with van der Waals surface area (Å²) in [5.41, 5.74) is 16.3. The van der Waals surface area contributed by atoms with Crippen LogP contribution in [0.15, 0.2) is 267 Å². The van der Waals surface area contributed by atoms with Gasteiger partial charge in [0.05, 0.1) is 16.7 Å². The van der Waals surface area contributed by atoms with Crippen molar-refractivity contribution in [2.24, 2.45) is 0 Å². The highest BCUT2D eigenvalue weighted by Crippen LogP contribution is 2.45. The second-order valence-corrected chi connectivity index (χ2v) is 17.7. The smallest absolute Gasteiger partial charge is 0.0541 e. The summed E-state index contributed by atoms with van der Waals surface area (Å²) >= 11 is 0. The van der Waals surface area contributed by atoms with E-state index < -0.39 is 0 Å². The van der Waals surface area contributed by atoms with Gasteiger partial charge in [-0.25, -0.2) is 0 Å². The molecule has 1 heterocycles. The topological polar surface area (TPSA) is 8.17 Å². The Morgan fingerprint density at radius 2 is 0.838 bits per heavy atom. The van der Waals surface area contributed by atoms with Crippen LogP contribution in [0, 0.1) is 0 Å². The van der Waals surface area contributed by atoms with Crippen molar-refractivity contribution in [3.05, 3.63) is 267 Å². The number of aromatic nitrogens is 1. The Morgan fingerprint density at radius 3 is 1.72 bits per heavy atom. The van der Waals surface area contributed by atoms with Gasteiger partial charge < -0.3 is 9.47 Å². The van der Waals surface area contributed by atoms with Crippen molar-refractivity contribution in [3.63, 3.8) is 0 Å². The molecule has 0 saturated heterocycles. The van der Waals surface area contributed by atoms with Crippen molar-refractivity contribution >= 4 is 71.2 Å². The molecule has 0 amide bonds. The molecule has 12 aromatic carbocycles. The number of hydrogen-bond donors (Lipinski definition) is 0. The number of para-hydroxylation sites is 3. The summed E-state index contributed by atoms with van der Waals surface area (Å²) < 4.78 is 2.38. The van der Waals surface area contributed by atoms with E-state index in [1.165, 1.54) is 87.5 Å². The predicted octanol–water partition coefficient (Wildman–Crippen LogP) is 18.4. The Hall–Kier alpha value is -8.98. The Labute approximate surface area is 395 Å². The summed E-state index contributed by atoms with van der Waals surface area (Å²) in [7, 11) is 0. The second-order valence-electron chi connectivity index (χ2n) is 17.7. The summed E-state index contributed by atoms with van der Waals surface area (Å²) in [5.74, 6) is 0. The molecular formula is C66H44N2. The molecule has 1 aromatic heterocycles. The van der Waals surface area contributed by atoms with Gasteiger partial charge >= 0.3 is 0 Å². The molecule has 0 fully saturated rings. The van der Waals surface area contributed by atoms with Gasteiger partial charge in [-0.1, -0.05) is 194 Å². The number of benzene rings is 12. The maximum Gasteiger partial charge on any atom is 0.0541 e. The Morgan fingerprint density at radius 1 is 0.250 bits per heavy atom. The van der Waals surface area contributed by atoms with Crippen molar-refractivity contribution < 1.29 is 0 Å². The van der Waals surface area contributed by atoms with Gasteiger partial charge in [-0.3, -0.25) is 0 Å². The molecule has 2 nitrogen and oxygen atoms in total. The largest absolute Gasteiger partial charge is 0.310 e. The Balaban J connectivity index is 0.957. The molecular weight excluding hydrogens is 821 g/mol. The fraction of sp³-hybridized carbons (Fsp3) is 0. The molecule has 318 valence electrons. The summed E-state index contributed by atoms with van der Waals surface area (Å²) in [5, 5.41) is 9.98. The van der Waals surface area contributed by atoms with Crippen LogP contribution in [-0.2, 0) is 0 Å². The maximum atomic E-state index is 2.44. The molecule has 0 atom stereocenters. The summed E-state index contributed by atoms with van der Waals surface area (Å²) in [6.07, 6.45) is 0. The number of hydrogen-bond acceptors (Lipinski definition) is 1. The lowest BCUT2D eigenvalue weighted by molar-refractivity contribution is 1.18. The lowest BCUT2D eigenvalue weighted by Gasteiger charge is -2.28. The van der Waals surface area contributed by atoms with Crippen molar-refractivity contribution in [1.29, 1.82) is 0 Å². The molecule has 0 aliphatic rings. The van der Waals surface area contributed by atoms with Crippen molar-refractivity contribution in [1.82, 2.24) is 4.57 Å². The van der Waals surface area contributed by atoms with E-state index in [2.05, 4.69) is 276 Å². The summed E-state index contributed by atoms with van der Waals surface area (Å²) in [4.78, 5) is 2.44. The van der Waals surface area contributed by atoms with Crippen LogP contribution in [0.1, 0.15) is 0 Å². The van der Waals surface area contributed by atoms with Crippen LogP contribution in [0.4, 0.5) is 17.1 Å². The molecule has 0 saturated carbocycles. The molecule has 13 aromatic rings. The monoisotopic (exact) mass is 864 g/mol. The van der Waals surface area contributed by atoms with Gasteiger partial charge in [-0.2, -0.15) is 0 Å². The molecule has 0 aliphatic carbocycles.